The molecule has 1 aliphatic heterocycles. The summed E-state index contributed by atoms with van der Waals surface area (Å²) in [6.45, 7) is 3.24. The van der Waals surface area contributed by atoms with Crippen molar-refractivity contribution in [3.8, 4) is 0 Å². The molecule has 1 saturated heterocycles. The van der Waals surface area contributed by atoms with E-state index in [1.54, 1.807) is 0 Å². The molecule has 0 aliphatic carbocycles. The van der Waals surface area contributed by atoms with Crippen LogP contribution in [-0.2, 0) is 4.74 Å². The van der Waals surface area contributed by atoms with E-state index < -0.39 is 0 Å². The van der Waals surface area contributed by atoms with E-state index in [0.29, 0.717) is 12.6 Å². The summed E-state index contributed by atoms with van der Waals surface area (Å²) in [5.74, 6) is 0. The van der Waals surface area contributed by atoms with E-state index in [9.17, 15) is 0 Å². The quantitative estimate of drug-likeness (QED) is 0.607. The second-order valence-corrected chi connectivity index (χ2v) is 3.63. The van der Waals surface area contributed by atoms with Crippen LogP contribution in [-0.4, -0.2) is 37.5 Å². The molecule has 0 aromatic rings. The van der Waals surface area contributed by atoms with Crippen molar-refractivity contribution in [3.63, 3.8) is 0 Å². The highest BCUT2D eigenvalue weighted by molar-refractivity contribution is 4.69. The molecule has 2 N–H and O–H groups in total. The van der Waals surface area contributed by atoms with Crippen molar-refractivity contribution in [1.82, 2.24) is 5.32 Å². The van der Waals surface area contributed by atoms with Gasteiger partial charge >= 0.3 is 0 Å². The lowest BCUT2D eigenvalue weighted by Crippen LogP contribution is -2.35. The van der Waals surface area contributed by atoms with Crippen LogP contribution in [0.15, 0.2) is 0 Å². The van der Waals surface area contributed by atoms with Gasteiger partial charge in [-0.05, 0) is 38.6 Å². The maximum Gasteiger partial charge on any atom is 0.0480 e. The number of nitrogens with one attached hydrogen (secondary N) is 1. The Balaban J connectivity index is 1.86. The van der Waals surface area contributed by atoms with Crippen molar-refractivity contribution in [2.24, 2.45) is 0 Å². The lowest BCUT2D eigenvalue weighted by molar-refractivity contribution is 0.0779. The Hall–Kier alpha value is -0.120. The first-order chi connectivity index (χ1) is 6.43. The summed E-state index contributed by atoms with van der Waals surface area (Å²) in [6.07, 6.45) is 5.56. The van der Waals surface area contributed by atoms with E-state index >= 15 is 0 Å². The number of unbranched alkanes of at least 4 members (excludes halogenated alkanes) is 2. The van der Waals surface area contributed by atoms with E-state index in [-0.39, 0.29) is 0 Å². The fourth-order valence-corrected chi connectivity index (χ4v) is 1.62. The fraction of sp³-hybridized carbons (Fsp3) is 1.00. The number of hydrogen-bond donors (Lipinski definition) is 2. The highest BCUT2D eigenvalue weighted by Crippen LogP contribution is 2.06. The Labute approximate surface area is 80.5 Å². The van der Waals surface area contributed by atoms with E-state index in [0.717, 1.165) is 45.4 Å². The van der Waals surface area contributed by atoms with Crippen molar-refractivity contribution in [1.29, 1.82) is 0 Å². The number of hydrogen-bond acceptors (Lipinski definition) is 3. The number of aliphatic hydroxyl groups excluding tert-OH is 1. The molecule has 3 heteroatoms. The SMILES string of the molecule is OCCCCCNC1CCOCC1. The molecule has 0 spiro atoms. The minimum absolute atomic E-state index is 0.331. The maximum atomic E-state index is 8.58. The third-order valence-corrected chi connectivity index (χ3v) is 2.49. The molecule has 0 atom stereocenters. The lowest BCUT2D eigenvalue weighted by Gasteiger charge is -2.23. The van der Waals surface area contributed by atoms with E-state index in [2.05, 4.69) is 5.32 Å². The predicted molar refractivity (Wildman–Crippen MR) is 52.8 cm³/mol. The summed E-state index contributed by atoms with van der Waals surface area (Å²) in [7, 11) is 0. The molecular weight excluding hydrogens is 166 g/mol. The molecule has 1 heterocycles. The van der Waals surface area contributed by atoms with Gasteiger partial charge in [0.05, 0.1) is 0 Å². The van der Waals surface area contributed by atoms with Gasteiger partial charge < -0.3 is 15.2 Å². The summed E-state index contributed by atoms with van der Waals surface area (Å²) in [5, 5.41) is 12.1. The van der Waals surface area contributed by atoms with Crippen LogP contribution in [0, 0.1) is 0 Å². The second-order valence-electron chi connectivity index (χ2n) is 3.63. The van der Waals surface area contributed by atoms with Crippen LogP contribution in [0.25, 0.3) is 0 Å². The standard InChI is InChI=1S/C10H21NO2/c12-7-3-1-2-6-11-10-4-8-13-9-5-10/h10-12H,1-9H2. The van der Waals surface area contributed by atoms with E-state index in [1.807, 2.05) is 0 Å². The average Bonchev–Trinajstić information content (AvgIpc) is 2.19. The third kappa shape index (κ3) is 5.24. The summed E-state index contributed by atoms with van der Waals surface area (Å²) >= 11 is 0. The van der Waals surface area contributed by atoms with Crippen LogP contribution in [0.5, 0.6) is 0 Å². The zero-order valence-corrected chi connectivity index (χ0v) is 8.30. The lowest BCUT2D eigenvalue weighted by atomic mass is 10.1. The first kappa shape index (κ1) is 11.0. The van der Waals surface area contributed by atoms with Crippen molar-refractivity contribution in [2.45, 2.75) is 38.1 Å². The van der Waals surface area contributed by atoms with Gasteiger partial charge in [-0.25, -0.2) is 0 Å². The van der Waals surface area contributed by atoms with Crippen LogP contribution in [0.2, 0.25) is 0 Å². The van der Waals surface area contributed by atoms with E-state index in [4.69, 9.17) is 9.84 Å². The molecule has 3 nitrogen and oxygen atoms in total. The molecule has 0 aromatic carbocycles. The minimum Gasteiger partial charge on any atom is -0.396 e. The first-order valence-corrected chi connectivity index (χ1v) is 5.35. The van der Waals surface area contributed by atoms with Gasteiger partial charge in [-0.3, -0.25) is 0 Å². The summed E-state index contributed by atoms with van der Waals surface area (Å²) < 4.78 is 5.27. The molecule has 0 amide bonds. The molecule has 78 valence electrons. The molecule has 0 radical (unpaired) electrons. The van der Waals surface area contributed by atoms with Crippen molar-refractivity contribution in [3.05, 3.63) is 0 Å². The van der Waals surface area contributed by atoms with E-state index in [1.165, 1.54) is 6.42 Å². The summed E-state index contributed by atoms with van der Waals surface area (Å²) in [6, 6.07) is 0.669. The molecule has 0 aromatic heterocycles. The van der Waals surface area contributed by atoms with Gasteiger partial charge in [-0.1, -0.05) is 0 Å². The molecule has 1 aliphatic rings. The van der Waals surface area contributed by atoms with Gasteiger partial charge in [0.1, 0.15) is 0 Å². The Kier molecular flexibility index (Phi) is 6.15. The largest absolute Gasteiger partial charge is 0.396 e. The van der Waals surface area contributed by atoms with Crippen molar-refractivity contribution in [2.75, 3.05) is 26.4 Å². The van der Waals surface area contributed by atoms with Crippen LogP contribution in [0.4, 0.5) is 0 Å². The van der Waals surface area contributed by atoms with Crippen molar-refractivity contribution >= 4 is 0 Å². The van der Waals surface area contributed by atoms with Gasteiger partial charge in [-0.15, -0.1) is 0 Å². The number of ether oxygens (including phenoxy) is 1. The first-order valence-electron chi connectivity index (χ1n) is 5.35. The molecule has 13 heavy (non-hydrogen) atoms. The Morgan fingerprint density at radius 1 is 1.15 bits per heavy atom. The molecular formula is C10H21NO2. The van der Waals surface area contributed by atoms with Gasteiger partial charge in [0.25, 0.3) is 0 Å². The van der Waals surface area contributed by atoms with Crippen molar-refractivity contribution < 1.29 is 9.84 Å². The van der Waals surface area contributed by atoms with Gasteiger partial charge in [-0.2, -0.15) is 0 Å². The molecule has 0 unspecified atom stereocenters. The zero-order valence-electron chi connectivity index (χ0n) is 8.30. The Morgan fingerprint density at radius 2 is 1.92 bits per heavy atom. The minimum atomic E-state index is 0.331. The van der Waals surface area contributed by atoms with Gasteiger partial charge in [0, 0.05) is 25.9 Å². The normalized spacial score (nSPS) is 19.2. The Bertz CT molecular complexity index is 113. The summed E-state index contributed by atoms with van der Waals surface area (Å²) in [4.78, 5) is 0. The number of aliphatic hydroxyl groups is 1. The second kappa shape index (κ2) is 7.30. The average molecular weight is 187 g/mol. The Morgan fingerprint density at radius 3 is 2.62 bits per heavy atom. The third-order valence-electron chi connectivity index (χ3n) is 2.49. The molecule has 1 fully saturated rings. The topological polar surface area (TPSA) is 41.5 Å². The van der Waals surface area contributed by atoms with Gasteiger partial charge in [0.2, 0.25) is 0 Å². The number of rotatable bonds is 6. The van der Waals surface area contributed by atoms with Gasteiger partial charge in [0.15, 0.2) is 0 Å². The molecule has 1 rings (SSSR count). The van der Waals surface area contributed by atoms with Crippen LogP contribution in [0.1, 0.15) is 32.1 Å². The smallest absolute Gasteiger partial charge is 0.0480 e. The molecule has 0 bridgehead atoms. The predicted octanol–water partition coefficient (Wildman–Crippen LogP) is 0.918. The maximum absolute atomic E-state index is 8.58. The highest BCUT2D eigenvalue weighted by Gasteiger charge is 2.11. The monoisotopic (exact) mass is 187 g/mol. The van der Waals surface area contributed by atoms with Crippen LogP contribution in [0.3, 0.4) is 0 Å². The van der Waals surface area contributed by atoms with Crippen LogP contribution < -0.4 is 5.32 Å². The highest BCUT2D eigenvalue weighted by atomic mass is 16.5. The van der Waals surface area contributed by atoms with Crippen LogP contribution >= 0.6 is 0 Å². The summed E-state index contributed by atoms with van der Waals surface area (Å²) in [5.41, 5.74) is 0. The fourth-order valence-electron chi connectivity index (χ4n) is 1.62. The molecule has 0 saturated carbocycles. The zero-order chi connectivity index (χ0) is 9.36.